The topological polar surface area (TPSA) is 20.2 Å². The highest BCUT2D eigenvalue weighted by molar-refractivity contribution is 4.93. The van der Waals surface area contributed by atoms with Gasteiger partial charge in [-0.3, -0.25) is 0 Å². The van der Waals surface area contributed by atoms with Crippen LogP contribution in [0.15, 0.2) is 0 Å². The normalized spacial score (nSPS) is 47.4. The van der Waals surface area contributed by atoms with Crippen molar-refractivity contribution < 1.29 is 5.11 Å². The van der Waals surface area contributed by atoms with E-state index in [1.165, 1.54) is 0 Å². The maximum absolute atomic E-state index is 9.40. The van der Waals surface area contributed by atoms with E-state index < -0.39 is 0 Å². The van der Waals surface area contributed by atoms with Crippen LogP contribution in [0, 0.1) is 23.7 Å². The fourth-order valence-corrected chi connectivity index (χ4v) is 2.48. The van der Waals surface area contributed by atoms with Gasteiger partial charge in [0.25, 0.3) is 0 Å². The molecule has 0 aliphatic heterocycles. The van der Waals surface area contributed by atoms with Crippen LogP contribution in [0.5, 0.6) is 0 Å². The van der Waals surface area contributed by atoms with Crippen molar-refractivity contribution in [3.63, 3.8) is 0 Å². The highest BCUT2D eigenvalue weighted by Gasteiger charge is 2.44. The van der Waals surface area contributed by atoms with Crippen molar-refractivity contribution in [1.82, 2.24) is 0 Å². The van der Waals surface area contributed by atoms with Gasteiger partial charge in [0.15, 0.2) is 0 Å². The summed E-state index contributed by atoms with van der Waals surface area (Å²) >= 11 is 0. The molecule has 2 atom stereocenters. The minimum absolute atomic E-state index is 0.0348. The Morgan fingerprint density at radius 3 is 1.70 bits per heavy atom. The van der Waals surface area contributed by atoms with Crippen molar-refractivity contribution in [2.45, 2.75) is 33.8 Å². The van der Waals surface area contributed by atoms with Crippen molar-refractivity contribution in [3.8, 4) is 0 Å². The summed E-state index contributed by atoms with van der Waals surface area (Å²) < 4.78 is 0. The lowest BCUT2D eigenvalue weighted by molar-refractivity contribution is -0.102. The molecule has 1 heteroatoms. The summed E-state index contributed by atoms with van der Waals surface area (Å²) in [6, 6.07) is 0. The van der Waals surface area contributed by atoms with Gasteiger partial charge >= 0.3 is 0 Å². The third-order valence-corrected chi connectivity index (χ3v) is 3.06. The van der Waals surface area contributed by atoms with Gasteiger partial charge in [-0.15, -0.1) is 0 Å². The quantitative estimate of drug-likeness (QED) is 0.593. The van der Waals surface area contributed by atoms with Gasteiger partial charge in [-0.2, -0.15) is 0 Å². The summed E-state index contributed by atoms with van der Waals surface area (Å²) in [6.07, 6.45) is -0.0348. The Balaban J connectivity index is 2.49. The van der Waals surface area contributed by atoms with Gasteiger partial charge in [0.05, 0.1) is 6.10 Å². The van der Waals surface area contributed by atoms with Crippen LogP contribution in [0.3, 0.4) is 0 Å². The van der Waals surface area contributed by atoms with E-state index in [4.69, 9.17) is 0 Å². The van der Waals surface area contributed by atoms with Crippen molar-refractivity contribution in [2.24, 2.45) is 23.7 Å². The van der Waals surface area contributed by atoms with E-state index in [2.05, 4.69) is 27.7 Å². The van der Waals surface area contributed by atoms with E-state index in [1.807, 2.05) is 0 Å². The SMILES string of the molecule is CC(C)C1C(C)C(O)C1C. The summed E-state index contributed by atoms with van der Waals surface area (Å²) in [5, 5.41) is 9.40. The molecule has 2 unspecified atom stereocenters. The Kier molecular flexibility index (Phi) is 2.04. The van der Waals surface area contributed by atoms with Gasteiger partial charge in [-0.05, 0) is 23.7 Å². The first-order valence-corrected chi connectivity index (χ1v) is 4.23. The summed E-state index contributed by atoms with van der Waals surface area (Å²) in [5.41, 5.74) is 0. The molecule has 1 aliphatic carbocycles. The largest absolute Gasteiger partial charge is 0.393 e. The summed E-state index contributed by atoms with van der Waals surface area (Å²) in [4.78, 5) is 0. The van der Waals surface area contributed by atoms with Gasteiger partial charge < -0.3 is 5.11 Å². The fraction of sp³-hybridized carbons (Fsp3) is 1.00. The Labute approximate surface area is 63.4 Å². The van der Waals surface area contributed by atoms with Crippen LogP contribution in [0.2, 0.25) is 0 Å². The zero-order valence-corrected chi connectivity index (χ0v) is 7.33. The lowest BCUT2D eigenvalue weighted by Crippen LogP contribution is -2.50. The monoisotopic (exact) mass is 142 g/mol. The molecule has 1 nitrogen and oxygen atoms in total. The van der Waals surface area contributed by atoms with Crippen LogP contribution >= 0.6 is 0 Å². The first-order valence-electron chi connectivity index (χ1n) is 4.23. The average molecular weight is 142 g/mol. The minimum Gasteiger partial charge on any atom is -0.393 e. The zero-order valence-electron chi connectivity index (χ0n) is 7.33. The number of hydrogen-bond donors (Lipinski definition) is 1. The molecule has 0 amide bonds. The van der Waals surface area contributed by atoms with Gasteiger partial charge in [0.2, 0.25) is 0 Å². The Bertz CT molecular complexity index is 110. The van der Waals surface area contributed by atoms with Gasteiger partial charge in [0.1, 0.15) is 0 Å². The number of hydrogen-bond acceptors (Lipinski definition) is 1. The van der Waals surface area contributed by atoms with Crippen LogP contribution in [0.1, 0.15) is 27.7 Å². The van der Waals surface area contributed by atoms with Crippen LogP contribution in [-0.4, -0.2) is 11.2 Å². The van der Waals surface area contributed by atoms with Crippen LogP contribution in [0.4, 0.5) is 0 Å². The van der Waals surface area contributed by atoms with Crippen LogP contribution in [0.25, 0.3) is 0 Å². The molecule has 1 N–H and O–H groups in total. The molecule has 0 aromatic rings. The lowest BCUT2D eigenvalue weighted by atomic mass is 9.60. The van der Waals surface area contributed by atoms with Gasteiger partial charge in [0, 0.05) is 0 Å². The molecule has 0 aromatic heterocycles. The molecule has 0 heterocycles. The smallest absolute Gasteiger partial charge is 0.0596 e. The van der Waals surface area contributed by atoms with Gasteiger partial charge in [-0.1, -0.05) is 27.7 Å². The van der Waals surface area contributed by atoms with Crippen molar-refractivity contribution in [3.05, 3.63) is 0 Å². The molecule has 0 bridgehead atoms. The maximum atomic E-state index is 9.40. The number of aliphatic hydroxyl groups excluding tert-OH is 1. The standard InChI is InChI=1S/C9H18O/c1-5(2)8-6(3)9(10)7(8)4/h5-10H,1-4H3. The van der Waals surface area contributed by atoms with Gasteiger partial charge in [-0.25, -0.2) is 0 Å². The molecular formula is C9H18O. The summed E-state index contributed by atoms with van der Waals surface area (Å²) in [7, 11) is 0. The average Bonchev–Trinajstić information content (AvgIpc) is 1.87. The first kappa shape index (κ1) is 8.06. The second kappa shape index (κ2) is 2.54. The number of aliphatic hydroxyl groups is 1. The predicted octanol–water partition coefficient (Wildman–Crippen LogP) is 1.91. The lowest BCUT2D eigenvalue weighted by Gasteiger charge is -2.48. The van der Waals surface area contributed by atoms with Crippen LogP contribution < -0.4 is 0 Å². The predicted molar refractivity (Wildman–Crippen MR) is 42.7 cm³/mol. The third kappa shape index (κ3) is 0.968. The Morgan fingerprint density at radius 1 is 1.10 bits per heavy atom. The third-order valence-electron chi connectivity index (χ3n) is 3.06. The number of rotatable bonds is 1. The minimum atomic E-state index is -0.0348. The second-order valence-corrected chi connectivity index (χ2v) is 4.03. The van der Waals surface area contributed by atoms with Crippen LogP contribution in [-0.2, 0) is 0 Å². The van der Waals surface area contributed by atoms with Crippen molar-refractivity contribution in [1.29, 1.82) is 0 Å². The molecule has 0 radical (unpaired) electrons. The summed E-state index contributed by atoms with van der Waals surface area (Å²) in [6.45, 7) is 8.78. The van der Waals surface area contributed by atoms with E-state index >= 15 is 0 Å². The zero-order chi connectivity index (χ0) is 7.89. The van der Waals surface area contributed by atoms with E-state index in [-0.39, 0.29) is 6.10 Å². The molecule has 1 fully saturated rings. The molecule has 0 spiro atoms. The molecule has 0 aromatic carbocycles. The second-order valence-electron chi connectivity index (χ2n) is 4.03. The van der Waals surface area contributed by atoms with E-state index in [1.54, 1.807) is 0 Å². The van der Waals surface area contributed by atoms with Crippen molar-refractivity contribution in [2.75, 3.05) is 0 Å². The van der Waals surface area contributed by atoms with E-state index in [0.29, 0.717) is 11.8 Å². The highest BCUT2D eigenvalue weighted by Crippen LogP contribution is 2.44. The highest BCUT2D eigenvalue weighted by atomic mass is 16.3. The molecule has 1 aliphatic rings. The molecule has 1 rings (SSSR count). The fourth-order valence-electron chi connectivity index (χ4n) is 2.48. The molecule has 60 valence electrons. The van der Waals surface area contributed by atoms with Crippen molar-refractivity contribution >= 4 is 0 Å². The molecule has 10 heavy (non-hydrogen) atoms. The first-order chi connectivity index (χ1) is 4.55. The summed E-state index contributed by atoms with van der Waals surface area (Å²) in [5.74, 6) is 2.52. The van der Waals surface area contributed by atoms with E-state index in [0.717, 1.165) is 11.8 Å². The van der Waals surface area contributed by atoms with E-state index in [9.17, 15) is 5.11 Å². The molecular weight excluding hydrogens is 124 g/mol. The molecule has 1 saturated carbocycles. The Morgan fingerprint density at radius 2 is 1.50 bits per heavy atom. The maximum Gasteiger partial charge on any atom is 0.0596 e. The molecule has 0 saturated heterocycles. The Hall–Kier alpha value is -0.0400.